The topological polar surface area (TPSA) is 79.1 Å². The summed E-state index contributed by atoms with van der Waals surface area (Å²) >= 11 is 0. The van der Waals surface area contributed by atoms with E-state index in [2.05, 4.69) is 89.8 Å². The molecule has 0 radical (unpaired) electrons. The first-order chi connectivity index (χ1) is 26.2. The quantitative estimate of drug-likeness (QED) is 0.174. The van der Waals surface area contributed by atoms with Gasteiger partial charge in [-0.25, -0.2) is 9.97 Å². The Kier molecular flexibility index (Phi) is 7.09. The molecule has 0 saturated carbocycles. The van der Waals surface area contributed by atoms with Gasteiger partial charge in [-0.1, -0.05) is 66.7 Å². The van der Waals surface area contributed by atoms with E-state index in [1.165, 1.54) is 0 Å². The van der Waals surface area contributed by atoms with Crippen LogP contribution in [0, 0.1) is 11.3 Å². The number of hydrogen-bond acceptors (Lipinski definition) is 6. The van der Waals surface area contributed by atoms with Gasteiger partial charge < -0.3 is 13.7 Å². The SMILES string of the molecule is N#Cc1cccc2ccc(-c3ccc4cc(N(c5ccc(-c6nc7ccccc7o6)cc5)c5ccc(-c6nc7ccccc7o6)cc5)ccc4c3)cc12. The number of anilines is 3. The van der Waals surface area contributed by atoms with Crippen molar-refractivity contribution in [2.24, 2.45) is 0 Å². The van der Waals surface area contributed by atoms with E-state index < -0.39 is 0 Å². The van der Waals surface area contributed by atoms with Gasteiger partial charge in [0.05, 0.1) is 11.6 Å². The predicted octanol–water partition coefficient (Wildman–Crippen LogP) is 12.6. The summed E-state index contributed by atoms with van der Waals surface area (Å²) in [6.07, 6.45) is 0. The van der Waals surface area contributed by atoms with Gasteiger partial charge in [0.25, 0.3) is 0 Å². The molecule has 0 amide bonds. The number of nitrogens with zero attached hydrogens (tertiary/aromatic N) is 4. The fraction of sp³-hybridized carbons (Fsp3) is 0. The summed E-state index contributed by atoms with van der Waals surface area (Å²) in [4.78, 5) is 11.7. The van der Waals surface area contributed by atoms with E-state index in [1.54, 1.807) is 0 Å². The van der Waals surface area contributed by atoms with Gasteiger partial charge in [0.2, 0.25) is 11.8 Å². The molecule has 0 aliphatic carbocycles. The van der Waals surface area contributed by atoms with Crippen LogP contribution in [0.15, 0.2) is 179 Å². The standard InChI is InChI=1S/C47H28N4O2/c48-29-37-7-5-6-30-12-13-36(28-41(30)37)33-14-15-35-27-40(25-20-34(35)26-33)51(38-21-16-31(17-22-38)46-49-42-8-1-3-10-44(42)52-46)39-23-18-32(19-24-39)47-50-43-9-2-4-11-45(43)53-47/h1-28H. The molecule has 10 aromatic rings. The molecule has 0 saturated heterocycles. The van der Waals surface area contributed by atoms with Gasteiger partial charge in [-0.15, -0.1) is 0 Å². The summed E-state index contributed by atoms with van der Waals surface area (Å²) in [7, 11) is 0. The second-order valence-corrected chi connectivity index (χ2v) is 13.0. The minimum atomic E-state index is 0.587. The Morgan fingerprint density at radius 1 is 0.434 bits per heavy atom. The van der Waals surface area contributed by atoms with E-state index in [1.807, 2.05) is 91.0 Å². The third-order valence-corrected chi connectivity index (χ3v) is 9.75. The van der Waals surface area contributed by atoms with Crippen molar-refractivity contribution in [3.8, 4) is 40.1 Å². The van der Waals surface area contributed by atoms with E-state index in [0.29, 0.717) is 17.3 Å². The zero-order chi connectivity index (χ0) is 35.3. The molecule has 2 heterocycles. The van der Waals surface area contributed by atoms with E-state index in [0.717, 1.165) is 83.1 Å². The summed E-state index contributed by atoms with van der Waals surface area (Å²) in [6, 6.07) is 59.8. The van der Waals surface area contributed by atoms with Gasteiger partial charge in [-0.05, 0) is 130 Å². The van der Waals surface area contributed by atoms with Crippen molar-refractivity contribution in [2.75, 3.05) is 4.90 Å². The Morgan fingerprint density at radius 3 is 1.55 bits per heavy atom. The van der Waals surface area contributed by atoms with Crippen LogP contribution in [0.4, 0.5) is 17.1 Å². The van der Waals surface area contributed by atoms with Crippen molar-refractivity contribution in [2.45, 2.75) is 0 Å². The Hall–Kier alpha value is -7.49. The lowest BCUT2D eigenvalue weighted by Crippen LogP contribution is -2.09. The summed E-state index contributed by atoms with van der Waals surface area (Å²) in [6.45, 7) is 0. The molecule has 0 spiro atoms. The maximum Gasteiger partial charge on any atom is 0.227 e. The van der Waals surface area contributed by atoms with Crippen molar-refractivity contribution >= 4 is 60.8 Å². The molecule has 53 heavy (non-hydrogen) atoms. The average Bonchev–Trinajstić information content (AvgIpc) is 3.86. The minimum Gasteiger partial charge on any atom is -0.436 e. The highest BCUT2D eigenvalue weighted by molar-refractivity contribution is 5.95. The average molecular weight is 681 g/mol. The molecule has 2 aromatic heterocycles. The molecule has 8 aromatic carbocycles. The Bertz CT molecular complexity index is 2840. The first kappa shape index (κ1) is 30.3. The molecule has 10 rings (SSSR count). The Morgan fingerprint density at radius 2 is 0.943 bits per heavy atom. The van der Waals surface area contributed by atoms with Gasteiger partial charge in [-0.2, -0.15) is 5.26 Å². The molecule has 0 atom stereocenters. The molecule has 6 heteroatoms. The van der Waals surface area contributed by atoms with Crippen molar-refractivity contribution in [1.29, 1.82) is 5.26 Å². The van der Waals surface area contributed by atoms with E-state index >= 15 is 0 Å². The van der Waals surface area contributed by atoms with Crippen LogP contribution >= 0.6 is 0 Å². The van der Waals surface area contributed by atoms with Crippen LogP contribution in [0.2, 0.25) is 0 Å². The fourth-order valence-electron chi connectivity index (χ4n) is 7.05. The summed E-state index contributed by atoms with van der Waals surface area (Å²) < 4.78 is 12.1. The number of para-hydroxylation sites is 4. The zero-order valence-corrected chi connectivity index (χ0v) is 28.3. The van der Waals surface area contributed by atoms with Crippen LogP contribution in [-0.4, -0.2) is 9.97 Å². The highest BCUT2D eigenvalue weighted by Gasteiger charge is 2.17. The van der Waals surface area contributed by atoms with Crippen molar-refractivity contribution in [1.82, 2.24) is 9.97 Å². The zero-order valence-electron chi connectivity index (χ0n) is 28.3. The lowest BCUT2D eigenvalue weighted by molar-refractivity contribution is 0.619. The van der Waals surface area contributed by atoms with Crippen molar-refractivity contribution < 1.29 is 8.83 Å². The van der Waals surface area contributed by atoms with Crippen LogP contribution < -0.4 is 4.90 Å². The lowest BCUT2D eigenvalue weighted by atomic mass is 9.96. The lowest BCUT2D eigenvalue weighted by Gasteiger charge is -2.26. The van der Waals surface area contributed by atoms with Crippen LogP contribution in [0.5, 0.6) is 0 Å². The maximum absolute atomic E-state index is 9.69. The van der Waals surface area contributed by atoms with Gasteiger partial charge in [-0.3, -0.25) is 0 Å². The molecular formula is C47H28N4O2. The number of rotatable bonds is 6. The highest BCUT2D eigenvalue weighted by atomic mass is 16.4. The second-order valence-electron chi connectivity index (χ2n) is 13.0. The van der Waals surface area contributed by atoms with E-state index in [9.17, 15) is 5.26 Å². The highest BCUT2D eigenvalue weighted by Crippen LogP contribution is 2.39. The molecule has 0 unspecified atom stereocenters. The van der Waals surface area contributed by atoms with Crippen LogP contribution in [-0.2, 0) is 0 Å². The van der Waals surface area contributed by atoms with Gasteiger partial charge in [0, 0.05) is 33.6 Å². The molecule has 0 bridgehead atoms. The monoisotopic (exact) mass is 680 g/mol. The van der Waals surface area contributed by atoms with Gasteiger partial charge >= 0.3 is 0 Å². The third-order valence-electron chi connectivity index (χ3n) is 9.75. The largest absolute Gasteiger partial charge is 0.436 e. The van der Waals surface area contributed by atoms with E-state index in [4.69, 9.17) is 18.8 Å². The second kappa shape index (κ2) is 12.4. The predicted molar refractivity (Wildman–Crippen MR) is 212 cm³/mol. The third kappa shape index (κ3) is 5.45. The first-order valence-corrected chi connectivity index (χ1v) is 17.4. The maximum atomic E-state index is 9.69. The molecule has 0 aliphatic rings. The summed E-state index contributed by atoms with van der Waals surface area (Å²) in [5, 5.41) is 13.9. The molecule has 6 nitrogen and oxygen atoms in total. The normalized spacial score (nSPS) is 11.4. The van der Waals surface area contributed by atoms with Gasteiger partial charge in [0.1, 0.15) is 11.0 Å². The van der Waals surface area contributed by atoms with Crippen LogP contribution in [0.3, 0.4) is 0 Å². The molecule has 0 N–H and O–H groups in total. The Balaban J connectivity index is 1.04. The number of oxazole rings is 2. The molecule has 248 valence electrons. The van der Waals surface area contributed by atoms with Crippen molar-refractivity contribution in [3.63, 3.8) is 0 Å². The fourth-order valence-corrected chi connectivity index (χ4v) is 7.05. The number of fused-ring (bicyclic) bond motifs is 4. The molecule has 0 fully saturated rings. The minimum absolute atomic E-state index is 0.587. The Labute approximate surface area is 304 Å². The van der Waals surface area contributed by atoms with E-state index in [-0.39, 0.29) is 0 Å². The van der Waals surface area contributed by atoms with Crippen molar-refractivity contribution in [3.05, 3.63) is 175 Å². The summed E-state index contributed by atoms with van der Waals surface area (Å²) in [5.74, 6) is 1.17. The number of hydrogen-bond donors (Lipinski definition) is 0. The van der Waals surface area contributed by atoms with Gasteiger partial charge in [0.15, 0.2) is 11.2 Å². The van der Waals surface area contributed by atoms with Crippen LogP contribution in [0.25, 0.3) is 77.8 Å². The molecular weight excluding hydrogens is 653 g/mol. The number of benzene rings is 8. The number of nitriles is 1. The van der Waals surface area contributed by atoms with Crippen LogP contribution in [0.1, 0.15) is 5.56 Å². The smallest absolute Gasteiger partial charge is 0.227 e. The summed E-state index contributed by atoms with van der Waals surface area (Å²) in [5.41, 5.74) is 10.8. The number of aromatic nitrogens is 2. The molecule has 0 aliphatic heterocycles. The first-order valence-electron chi connectivity index (χ1n) is 17.4.